The fourth-order valence-corrected chi connectivity index (χ4v) is 3.89. The number of carbonyl (C=O) groups is 1. The Morgan fingerprint density at radius 2 is 1.97 bits per heavy atom. The van der Waals surface area contributed by atoms with Crippen molar-refractivity contribution in [2.75, 3.05) is 38.7 Å². The minimum absolute atomic E-state index is 0. The maximum Gasteiger partial charge on any atom is 0.260 e. The summed E-state index contributed by atoms with van der Waals surface area (Å²) >= 11 is 1.44. The Hall–Kier alpha value is -2.22. The second kappa shape index (κ2) is 10.5. The predicted molar refractivity (Wildman–Crippen MR) is 119 cm³/mol. The third kappa shape index (κ3) is 5.88. The molecule has 0 atom stereocenters. The number of rotatable bonds is 8. The molecule has 3 aromatic rings. The van der Waals surface area contributed by atoms with E-state index in [1.165, 1.54) is 23.5 Å². The second-order valence-electron chi connectivity index (χ2n) is 6.68. The highest BCUT2D eigenvalue weighted by atomic mass is 35.5. The van der Waals surface area contributed by atoms with E-state index in [1.54, 1.807) is 17.0 Å². The first kappa shape index (κ1) is 23.1. The number of carbonyl (C=O) groups excluding carboxylic acids is 1. The van der Waals surface area contributed by atoms with Gasteiger partial charge >= 0.3 is 0 Å². The van der Waals surface area contributed by atoms with E-state index in [-0.39, 0.29) is 18.3 Å². The van der Waals surface area contributed by atoms with Crippen molar-refractivity contribution in [1.82, 2.24) is 9.88 Å². The zero-order chi connectivity index (χ0) is 20.1. The average Bonchev–Trinajstić information content (AvgIpc) is 3.07. The number of hydrogen-bond acceptors (Lipinski definition) is 5. The first-order valence-corrected chi connectivity index (χ1v) is 10.0. The Morgan fingerprint density at radius 3 is 2.66 bits per heavy atom. The average molecular weight is 438 g/mol. The first-order chi connectivity index (χ1) is 13.5. The Labute approximate surface area is 180 Å². The molecule has 0 bridgehead atoms. The van der Waals surface area contributed by atoms with Crippen molar-refractivity contribution in [1.29, 1.82) is 0 Å². The standard InChI is InChI=1S/C21H24FN3O2S.ClH/c1-4-27-17-9-10-18-19(14-17)28-21(23-18)25(12-6-11-24(2)3)20(26)15-7-5-8-16(22)13-15;/h5,7-10,13-14H,4,6,11-12H2,1-3H3;1H. The van der Waals surface area contributed by atoms with Crippen molar-refractivity contribution < 1.29 is 13.9 Å². The highest BCUT2D eigenvalue weighted by molar-refractivity contribution is 7.22. The summed E-state index contributed by atoms with van der Waals surface area (Å²) in [6.45, 7) is 3.87. The van der Waals surface area contributed by atoms with Crippen LogP contribution in [-0.2, 0) is 0 Å². The fraction of sp³-hybridized carbons (Fsp3) is 0.333. The van der Waals surface area contributed by atoms with Gasteiger partial charge in [-0.25, -0.2) is 9.37 Å². The van der Waals surface area contributed by atoms with Crippen molar-refractivity contribution in [3.63, 3.8) is 0 Å². The van der Waals surface area contributed by atoms with E-state index in [1.807, 2.05) is 39.2 Å². The van der Waals surface area contributed by atoms with E-state index in [0.29, 0.717) is 23.8 Å². The number of halogens is 2. The minimum atomic E-state index is -0.426. The maximum absolute atomic E-state index is 13.6. The van der Waals surface area contributed by atoms with Gasteiger partial charge in [0, 0.05) is 12.1 Å². The van der Waals surface area contributed by atoms with Crippen LogP contribution in [0.25, 0.3) is 10.2 Å². The molecule has 0 aliphatic rings. The predicted octanol–water partition coefficient (Wildman–Crippen LogP) is 4.85. The van der Waals surface area contributed by atoms with Gasteiger partial charge in [-0.05, 0) is 70.4 Å². The minimum Gasteiger partial charge on any atom is -0.494 e. The number of benzene rings is 2. The number of aromatic nitrogens is 1. The third-order valence-electron chi connectivity index (χ3n) is 4.19. The molecule has 0 spiro atoms. The lowest BCUT2D eigenvalue weighted by atomic mass is 10.2. The van der Waals surface area contributed by atoms with Crippen molar-refractivity contribution in [2.45, 2.75) is 13.3 Å². The van der Waals surface area contributed by atoms with Gasteiger partial charge in [-0.2, -0.15) is 0 Å². The Morgan fingerprint density at radius 1 is 1.17 bits per heavy atom. The summed E-state index contributed by atoms with van der Waals surface area (Å²) in [7, 11) is 3.98. The normalized spacial score (nSPS) is 10.8. The molecule has 29 heavy (non-hydrogen) atoms. The highest BCUT2D eigenvalue weighted by Crippen LogP contribution is 2.32. The number of nitrogens with zero attached hydrogens (tertiary/aromatic N) is 3. The van der Waals surface area contributed by atoms with Gasteiger partial charge in [-0.3, -0.25) is 9.69 Å². The molecule has 1 amide bonds. The molecule has 0 saturated carbocycles. The SMILES string of the molecule is CCOc1ccc2nc(N(CCCN(C)C)C(=O)c3cccc(F)c3)sc2c1.Cl. The van der Waals surface area contributed by atoms with Gasteiger partial charge in [-0.15, -0.1) is 12.4 Å². The van der Waals surface area contributed by atoms with Crippen LogP contribution in [0.1, 0.15) is 23.7 Å². The van der Waals surface area contributed by atoms with Crippen LogP contribution in [-0.4, -0.2) is 49.6 Å². The number of hydrogen-bond donors (Lipinski definition) is 0. The van der Waals surface area contributed by atoms with Gasteiger partial charge in [0.05, 0.1) is 16.8 Å². The molecular formula is C21H25ClFN3O2S. The maximum atomic E-state index is 13.6. The molecule has 156 valence electrons. The van der Waals surface area contributed by atoms with Crippen LogP contribution >= 0.6 is 23.7 Å². The van der Waals surface area contributed by atoms with Crippen molar-refractivity contribution in [2.24, 2.45) is 0 Å². The monoisotopic (exact) mass is 437 g/mol. The molecule has 2 aromatic carbocycles. The molecule has 5 nitrogen and oxygen atoms in total. The topological polar surface area (TPSA) is 45.7 Å². The van der Waals surface area contributed by atoms with Crippen LogP contribution in [0.2, 0.25) is 0 Å². The van der Waals surface area contributed by atoms with Gasteiger partial charge in [0.15, 0.2) is 5.13 Å². The zero-order valence-corrected chi connectivity index (χ0v) is 18.4. The lowest BCUT2D eigenvalue weighted by molar-refractivity contribution is 0.0985. The molecule has 3 rings (SSSR count). The zero-order valence-electron chi connectivity index (χ0n) is 16.7. The van der Waals surface area contributed by atoms with Crippen molar-refractivity contribution >= 4 is 45.0 Å². The summed E-state index contributed by atoms with van der Waals surface area (Å²) < 4.78 is 20.1. The molecule has 0 aliphatic carbocycles. The molecule has 0 N–H and O–H groups in total. The van der Waals surface area contributed by atoms with Crippen LogP contribution in [0, 0.1) is 5.82 Å². The Kier molecular flexibility index (Phi) is 8.37. The summed E-state index contributed by atoms with van der Waals surface area (Å²) in [4.78, 5) is 21.5. The molecular weight excluding hydrogens is 413 g/mol. The van der Waals surface area contributed by atoms with Crippen LogP contribution in [0.5, 0.6) is 5.75 Å². The van der Waals surface area contributed by atoms with E-state index >= 15 is 0 Å². The number of anilines is 1. The molecule has 0 radical (unpaired) electrons. The Bertz CT molecular complexity index is 964. The molecule has 0 fully saturated rings. The lowest BCUT2D eigenvalue weighted by Gasteiger charge is -2.21. The van der Waals surface area contributed by atoms with E-state index < -0.39 is 5.82 Å². The van der Waals surface area contributed by atoms with Gasteiger partial charge in [0.1, 0.15) is 11.6 Å². The Balaban J connectivity index is 0.00000300. The number of fused-ring (bicyclic) bond motifs is 1. The summed E-state index contributed by atoms with van der Waals surface area (Å²) in [5.74, 6) is 0.105. The molecule has 0 aliphatic heterocycles. The fourth-order valence-electron chi connectivity index (χ4n) is 2.87. The molecule has 1 heterocycles. The molecule has 0 unspecified atom stereocenters. The van der Waals surface area contributed by atoms with Gasteiger partial charge < -0.3 is 9.64 Å². The summed E-state index contributed by atoms with van der Waals surface area (Å²) in [6.07, 6.45) is 0.786. The smallest absolute Gasteiger partial charge is 0.260 e. The lowest BCUT2D eigenvalue weighted by Crippen LogP contribution is -2.33. The van der Waals surface area contributed by atoms with Crippen molar-refractivity contribution in [3.8, 4) is 5.75 Å². The van der Waals surface area contributed by atoms with Crippen LogP contribution in [0.4, 0.5) is 9.52 Å². The summed E-state index contributed by atoms with van der Waals surface area (Å²) in [6, 6.07) is 11.5. The molecule has 8 heteroatoms. The van der Waals surface area contributed by atoms with Crippen LogP contribution in [0.15, 0.2) is 42.5 Å². The van der Waals surface area contributed by atoms with Gasteiger partial charge in [0.25, 0.3) is 5.91 Å². The number of thiazole rings is 1. The first-order valence-electron chi connectivity index (χ1n) is 9.23. The summed E-state index contributed by atoms with van der Waals surface area (Å²) in [5.41, 5.74) is 1.13. The summed E-state index contributed by atoms with van der Waals surface area (Å²) in [5, 5.41) is 0.608. The molecule has 0 saturated heterocycles. The number of amides is 1. The van der Waals surface area contributed by atoms with E-state index in [4.69, 9.17) is 4.74 Å². The van der Waals surface area contributed by atoms with Crippen LogP contribution < -0.4 is 9.64 Å². The highest BCUT2D eigenvalue weighted by Gasteiger charge is 2.21. The third-order valence-corrected chi connectivity index (χ3v) is 5.24. The van der Waals surface area contributed by atoms with Crippen molar-refractivity contribution in [3.05, 3.63) is 53.8 Å². The van der Waals surface area contributed by atoms with E-state index in [9.17, 15) is 9.18 Å². The van der Waals surface area contributed by atoms with Crippen LogP contribution in [0.3, 0.4) is 0 Å². The van der Waals surface area contributed by atoms with Gasteiger partial charge in [-0.1, -0.05) is 17.4 Å². The van der Waals surface area contributed by atoms with E-state index in [2.05, 4.69) is 9.88 Å². The van der Waals surface area contributed by atoms with E-state index in [0.717, 1.165) is 28.9 Å². The quantitative estimate of drug-likeness (QED) is 0.505. The van der Waals surface area contributed by atoms with Gasteiger partial charge in [0.2, 0.25) is 0 Å². The second-order valence-corrected chi connectivity index (χ2v) is 7.69. The largest absolute Gasteiger partial charge is 0.494 e. The number of ether oxygens (including phenoxy) is 1. The molecule has 1 aromatic heterocycles.